The molecule has 0 spiro atoms. The number of nitro benzene ring substituents is 1. The fourth-order valence-corrected chi connectivity index (χ4v) is 3.57. The SMILES string of the molecule is O=C(Cn1c(=O)oc2ccc([N+](=O)[O-])cc21)Nc1ccc(N2CCCCC2)cc1. The van der Waals surface area contributed by atoms with E-state index in [9.17, 15) is 19.7 Å². The van der Waals surface area contributed by atoms with Crippen molar-refractivity contribution in [2.45, 2.75) is 25.8 Å². The van der Waals surface area contributed by atoms with Crippen LogP contribution in [0.3, 0.4) is 0 Å². The Hall–Kier alpha value is -3.62. The highest BCUT2D eigenvalue weighted by Gasteiger charge is 2.17. The molecule has 0 bridgehead atoms. The predicted octanol–water partition coefficient (Wildman–Crippen LogP) is 3.13. The van der Waals surface area contributed by atoms with Gasteiger partial charge in [-0.05, 0) is 49.6 Å². The van der Waals surface area contributed by atoms with Crippen molar-refractivity contribution in [2.24, 2.45) is 0 Å². The van der Waals surface area contributed by atoms with Crippen LogP contribution < -0.4 is 16.0 Å². The van der Waals surface area contributed by atoms with Crippen LogP contribution in [0, 0.1) is 10.1 Å². The molecule has 1 N–H and O–H groups in total. The number of carbonyl (C=O) groups is 1. The first-order chi connectivity index (χ1) is 14.0. The molecular weight excluding hydrogens is 376 g/mol. The Morgan fingerprint density at radius 3 is 2.52 bits per heavy atom. The van der Waals surface area contributed by atoms with Crippen molar-refractivity contribution < 1.29 is 14.1 Å². The lowest BCUT2D eigenvalue weighted by Gasteiger charge is -2.28. The van der Waals surface area contributed by atoms with E-state index < -0.39 is 16.6 Å². The van der Waals surface area contributed by atoms with Crippen molar-refractivity contribution in [2.75, 3.05) is 23.3 Å². The lowest BCUT2D eigenvalue weighted by atomic mass is 10.1. The molecule has 1 aliphatic rings. The van der Waals surface area contributed by atoms with Crippen LogP contribution in [0.25, 0.3) is 11.1 Å². The van der Waals surface area contributed by atoms with Crippen molar-refractivity contribution in [1.82, 2.24) is 4.57 Å². The van der Waals surface area contributed by atoms with Crippen LogP contribution >= 0.6 is 0 Å². The average molecular weight is 396 g/mol. The number of nitrogens with one attached hydrogen (secondary N) is 1. The first-order valence-electron chi connectivity index (χ1n) is 9.44. The lowest BCUT2D eigenvalue weighted by molar-refractivity contribution is -0.384. The van der Waals surface area contributed by atoms with E-state index >= 15 is 0 Å². The number of benzene rings is 2. The van der Waals surface area contributed by atoms with Gasteiger partial charge in [0.1, 0.15) is 6.54 Å². The summed E-state index contributed by atoms with van der Waals surface area (Å²) in [6, 6.07) is 11.4. The number of carbonyl (C=O) groups excluding carboxylic acids is 1. The predicted molar refractivity (Wildman–Crippen MR) is 108 cm³/mol. The first kappa shape index (κ1) is 18.7. The molecule has 1 aliphatic heterocycles. The highest BCUT2D eigenvalue weighted by Crippen LogP contribution is 2.22. The molecule has 9 nitrogen and oxygen atoms in total. The maximum Gasteiger partial charge on any atom is 0.420 e. The lowest BCUT2D eigenvalue weighted by Crippen LogP contribution is -2.29. The average Bonchev–Trinajstić information content (AvgIpc) is 3.03. The van der Waals surface area contributed by atoms with E-state index in [4.69, 9.17) is 4.42 Å². The van der Waals surface area contributed by atoms with E-state index in [-0.39, 0.29) is 23.3 Å². The van der Waals surface area contributed by atoms with Crippen LogP contribution in [0.5, 0.6) is 0 Å². The van der Waals surface area contributed by atoms with Crippen LogP contribution in [0.15, 0.2) is 51.7 Å². The van der Waals surface area contributed by atoms with Gasteiger partial charge in [-0.2, -0.15) is 0 Å². The second-order valence-corrected chi connectivity index (χ2v) is 7.01. The van der Waals surface area contributed by atoms with Gasteiger partial charge in [-0.15, -0.1) is 0 Å². The van der Waals surface area contributed by atoms with Crippen LogP contribution in [0.1, 0.15) is 19.3 Å². The van der Waals surface area contributed by atoms with E-state index in [0.717, 1.165) is 23.3 Å². The van der Waals surface area contributed by atoms with Gasteiger partial charge in [0.25, 0.3) is 5.69 Å². The zero-order chi connectivity index (χ0) is 20.4. The van der Waals surface area contributed by atoms with E-state index in [2.05, 4.69) is 10.2 Å². The standard InChI is InChI=1S/C20H20N4O5/c25-19(21-14-4-6-15(7-5-14)22-10-2-1-3-11-22)13-23-17-12-16(24(27)28)8-9-18(17)29-20(23)26/h4-9,12H,1-3,10-11,13H2,(H,21,25). The van der Waals surface area contributed by atoms with Gasteiger partial charge in [-0.25, -0.2) is 4.79 Å². The number of rotatable bonds is 5. The van der Waals surface area contributed by atoms with Crippen molar-refractivity contribution in [3.8, 4) is 0 Å². The van der Waals surface area contributed by atoms with Crippen LogP contribution in [-0.2, 0) is 11.3 Å². The zero-order valence-electron chi connectivity index (χ0n) is 15.7. The van der Waals surface area contributed by atoms with Crippen molar-refractivity contribution in [1.29, 1.82) is 0 Å². The molecule has 0 aliphatic carbocycles. The molecule has 1 saturated heterocycles. The molecule has 0 unspecified atom stereocenters. The van der Waals surface area contributed by atoms with Gasteiger partial charge in [-0.3, -0.25) is 19.5 Å². The van der Waals surface area contributed by atoms with Crippen LogP contribution in [0.4, 0.5) is 17.1 Å². The van der Waals surface area contributed by atoms with Gasteiger partial charge in [-0.1, -0.05) is 0 Å². The first-order valence-corrected chi connectivity index (χ1v) is 9.44. The Morgan fingerprint density at radius 2 is 1.83 bits per heavy atom. The number of hydrogen-bond donors (Lipinski definition) is 1. The van der Waals surface area contributed by atoms with Crippen molar-refractivity contribution in [3.63, 3.8) is 0 Å². The van der Waals surface area contributed by atoms with Crippen LogP contribution in [-0.4, -0.2) is 28.5 Å². The Balaban J connectivity index is 1.48. The summed E-state index contributed by atoms with van der Waals surface area (Å²) in [5, 5.41) is 13.7. The van der Waals surface area contributed by atoms with Crippen molar-refractivity contribution >= 4 is 34.1 Å². The molecule has 2 heterocycles. The number of nitrogens with zero attached hydrogens (tertiary/aromatic N) is 3. The van der Waals surface area contributed by atoms with Gasteiger partial charge in [0, 0.05) is 36.6 Å². The fourth-order valence-electron chi connectivity index (χ4n) is 3.57. The van der Waals surface area contributed by atoms with Crippen molar-refractivity contribution in [3.05, 3.63) is 63.1 Å². The summed E-state index contributed by atoms with van der Waals surface area (Å²) in [6.45, 7) is 1.77. The minimum absolute atomic E-state index is 0.180. The molecular formula is C20H20N4O5. The Morgan fingerprint density at radius 1 is 1.10 bits per heavy atom. The second-order valence-electron chi connectivity index (χ2n) is 7.01. The summed E-state index contributed by atoms with van der Waals surface area (Å²) in [5.41, 5.74) is 1.95. The molecule has 1 aromatic heterocycles. The summed E-state index contributed by atoms with van der Waals surface area (Å²) in [4.78, 5) is 37.2. The third-order valence-corrected chi connectivity index (χ3v) is 5.04. The number of fused-ring (bicyclic) bond motifs is 1. The Labute approximate surface area is 165 Å². The number of aromatic nitrogens is 1. The highest BCUT2D eigenvalue weighted by atomic mass is 16.6. The van der Waals surface area contributed by atoms with Gasteiger partial charge < -0.3 is 14.6 Å². The molecule has 0 radical (unpaired) electrons. The number of amides is 1. The quantitative estimate of drug-likeness (QED) is 0.524. The molecule has 1 amide bonds. The third kappa shape index (κ3) is 3.98. The molecule has 3 aromatic rings. The van der Waals surface area contributed by atoms with Gasteiger partial charge in [0.2, 0.25) is 5.91 Å². The maximum atomic E-state index is 12.4. The fraction of sp³-hybridized carbons (Fsp3) is 0.300. The molecule has 9 heteroatoms. The minimum atomic E-state index is -0.740. The van der Waals surface area contributed by atoms with E-state index in [0.29, 0.717) is 5.69 Å². The van der Waals surface area contributed by atoms with Gasteiger partial charge >= 0.3 is 5.76 Å². The topological polar surface area (TPSA) is 111 Å². The number of hydrogen-bond acceptors (Lipinski definition) is 6. The number of nitro groups is 1. The number of oxazole rings is 1. The largest absolute Gasteiger partial charge is 0.420 e. The molecule has 29 heavy (non-hydrogen) atoms. The number of piperidine rings is 1. The minimum Gasteiger partial charge on any atom is -0.408 e. The monoisotopic (exact) mass is 396 g/mol. The molecule has 2 aromatic carbocycles. The second kappa shape index (κ2) is 7.78. The van der Waals surface area contributed by atoms with E-state index in [1.165, 1.54) is 37.5 Å². The number of anilines is 2. The third-order valence-electron chi connectivity index (χ3n) is 5.04. The summed E-state index contributed by atoms with van der Waals surface area (Å²) in [6.07, 6.45) is 3.63. The highest BCUT2D eigenvalue weighted by molar-refractivity contribution is 5.91. The molecule has 150 valence electrons. The molecule has 0 atom stereocenters. The molecule has 4 rings (SSSR count). The van der Waals surface area contributed by atoms with Gasteiger partial charge in [0.05, 0.1) is 10.4 Å². The summed E-state index contributed by atoms with van der Waals surface area (Å²) >= 11 is 0. The Bertz CT molecular complexity index is 1110. The van der Waals surface area contributed by atoms with Crippen LogP contribution in [0.2, 0.25) is 0 Å². The number of non-ortho nitro benzene ring substituents is 1. The Kier molecular flexibility index (Phi) is 5.03. The molecule has 0 saturated carbocycles. The summed E-state index contributed by atoms with van der Waals surface area (Å²) in [7, 11) is 0. The van der Waals surface area contributed by atoms with Gasteiger partial charge in [0.15, 0.2) is 5.58 Å². The van der Waals surface area contributed by atoms with E-state index in [1.807, 2.05) is 24.3 Å². The molecule has 1 fully saturated rings. The normalized spacial score (nSPS) is 14.1. The van der Waals surface area contributed by atoms with E-state index in [1.54, 1.807) is 0 Å². The summed E-state index contributed by atoms with van der Waals surface area (Å²) in [5.74, 6) is -1.16. The summed E-state index contributed by atoms with van der Waals surface area (Å²) < 4.78 is 6.15. The smallest absolute Gasteiger partial charge is 0.408 e. The maximum absolute atomic E-state index is 12.4. The zero-order valence-corrected chi connectivity index (χ0v) is 15.7.